The molecule has 9 heteroatoms. The second kappa shape index (κ2) is 4.01. The van der Waals surface area contributed by atoms with Gasteiger partial charge in [0.15, 0.2) is 0 Å². The van der Waals surface area contributed by atoms with Crippen LogP contribution < -0.4 is 4.72 Å². The number of benzene rings is 1. The number of phenols is 1. The van der Waals surface area contributed by atoms with Crippen LogP contribution in [0, 0.1) is 0 Å². The molecule has 2 aromatic rings. The molecule has 0 atom stereocenters. The Kier molecular flexibility index (Phi) is 2.68. The van der Waals surface area contributed by atoms with Gasteiger partial charge in [-0.1, -0.05) is 5.10 Å². The number of rotatable bonds is 3. The Morgan fingerprint density at radius 1 is 1.29 bits per heavy atom. The van der Waals surface area contributed by atoms with Gasteiger partial charge in [0.05, 0.1) is 11.9 Å². The number of aromatic nitrogens is 4. The van der Waals surface area contributed by atoms with E-state index >= 15 is 0 Å². The number of nitrogens with zero attached hydrogens (tertiary/aromatic N) is 4. The average Bonchev–Trinajstić information content (AvgIpc) is 2.63. The normalized spacial score (nSPS) is 11.4. The number of aryl methyl sites for hydroxylation is 1. The van der Waals surface area contributed by atoms with Gasteiger partial charge in [-0.3, -0.25) is 0 Å². The standard InChI is InChI=1S/C8H9N5O3S/c1-13-10-8(9-12-13)11-17(15,16)7-4-2-6(14)3-5-7/h2-5,14H,1H3,(H,10,11). The first-order valence-corrected chi connectivity index (χ1v) is 6.01. The Bertz CT molecular complexity index is 619. The van der Waals surface area contributed by atoms with Crippen LogP contribution in [-0.2, 0) is 17.1 Å². The van der Waals surface area contributed by atoms with Crippen molar-refractivity contribution in [3.8, 4) is 5.75 Å². The maximum absolute atomic E-state index is 11.8. The molecule has 0 aliphatic heterocycles. The van der Waals surface area contributed by atoms with Crippen LogP contribution >= 0.6 is 0 Å². The van der Waals surface area contributed by atoms with Crippen molar-refractivity contribution in [1.29, 1.82) is 0 Å². The van der Waals surface area contributed by atoms with Gasteiger partial charge >= 0.3 is 0 Å². The summed E-state index contributed by atoms with van der Waals surface area (Å²) in [6.07, 6.45) is 0. The van der Waals surface area contributed by atoms with E-state index in [1.807, 2.05) is 0 Å². The van der Waals surface area contributed by atoms with Gasteiger partial charge in [-0.05, 0) is 29.5 Å². The highest BCUT2D eigenvalue weighted by atomic mass is 32.2. The minimum Gasteiger partial charge on any atom is -0.508 e. The smallest absolute Gasteiger partial charge is 0.277 e. The topological polar surface area (TPSA) is 110 Å². The van der Waals surface area contributed by atoms with Crippen molar-refractivity contribution >= 4 is 16.0 Å². The third-order valence-corrected chi connectivity index (χ3v) is 3.23. The van der Waals surface area contributed by atoms with Crippen LogP contribution in [-0.4, -0.2) is 33.7 Å². The third kappa shape index (κ3) is 2.50. The van der Waals surface area contributed by atoms with Gasteiger partial charge in [-0.2, -0.15) is 4.80 Å². The Balaban J connectivity index is 2.28. The van der Waals surface area contributed by atoms with Gasteiger partial charge in [0.2, 0.25) is 0 Å². The van der Waals surface area contributed by atoms with Gasteiger partial charge in [0, 0.05) is 0 Å². The van der Waals surface area contributed by atoms with E-state index in [1.165, 1.54) is 31.3 Å². The van der Waals surface area contributed by atoms with E-state index in [4.69, 9.17) is 5.11 Å². The first-order valence-electron chi connectivity index (χ1n) is 4.53. The molecule has 0 amide bonds. The van der Waals surface area contributed by atoms with Gasteiger partial charge in [0.25, 0.3) is 16.0 Å². The summed E-state index contributed by atoms with van der Waals surface area (Å²) in [5, 5.41) is 19.8. The first-order chi connectivity index (χ1) is 7.97. The Morgan fingerprint density at radius 3 is 2.47 bits per heavy atom. The second-order valence-electron chi connectivity index (χ2n) is 3.20. The highest BCUT2D eigenvalue weighted by molar-refractivity contribution is 7.92. The lowest BCUT2D eigenvalue weighted by Crippen LogP contribution is -2.14. The van der Waals surface area contributed by atoms with E-state index in [-0.39, 0.29) is 16.6 Å². The lowest BCUT2D eigenvalue weighted by molar-refractivity contribution is 0.475. The highest BCUT2D eigenvalue weighted by Gasteiger charge is 2.16. The second-order valence-corrected chi connectivity index (χ2v) is 4.88. The van der Waals surface area contributed by atoms with Crippen LogP contribution in [0.3, 0.4) is 0 Å². The molecule has 0 saturated heterocycles. The molecule has 0 spiro atoms. The van der Waals surface area contributed by atoms with E-state index < -0.39 is 10.0 Å². The van der Waals surface area contributed by atoms with Gasteiger partial charge in [-0.25, -0.2) is 13.1 Å². The summed E-state index contributed by atoms with van der Waals surface area (Å²) in [5.74, 6) is -0.123. The number of nitrogens with one attached hydrogen (secondary N) is 1. The van der Waals surface area contributed by atoms with Crippen molar-refractivity contribution in [3.63, 3.8) is 0 Å². The van der Waals surface area contributed by atoms with E-state index in [0.29, 0.717) is 0 Å². The molecule has 1 aromatic carbocycles. The molecule has 2 rings (SSSR count). The summed E-state index contributed by atoms with van der Waals surface area (Å²) in [6.45, 7) is 0. The predicted molar refractivity (Wildman–Crippen MR) is 57.7 cm³/mol. The molecule has 0 bridgehead atoms. The summed E-state index contributed by atoms with van der Waals surface area (Å²) in [7, 11) is -2.24. The number of tetrazole rings is 1. The fraction of sp³-hybridized carbons (Fsp3) is 0.125. The molecule has 0 aliphatic rings. The minimum atomic E-state index is -3.76. The molecule has 0 unspecified atom stereocenters. The van der Waals surface area contributed by atoms with Crippen molar-refractivity contribution in [2.75, 3.05) is 4.72 Å². The zero-order valence-electron chi connectivity index (χ0n) is 8.77. The van der Waals surface area contributed by atoms with Crippen LogP contribution in [0.25, 0.3) is 0 Å². The maximum atomic E-state index is 11.8. The fourth-order valence-corrected chi connectivity index (χ4v) is 2.06. The predicted octanol–water partition coefficient (Wildman–Crippen LogP) is -0.284. The van der Waals surface area contributed by atoms with E-state index in [1.54, 1.807) is 0 Å². The lowest BCUT2D eigenvalue weighted by atomic mass is 10.3. The Morgan fingerprint density at radius 2 is 1.94 bits per heavy atom. The molecule has 0 fully saturated rings. The van der Waals surface area contributed by atoms with Crippen LogP contribution in [0.5, 0.6) is 5.75 Å². The van der Waals surface area contributed by atoms with Crippen LogP contribution in [0.1, 0.15) is 0 Å². The Hall–Kier alpha value is -2.16. The summed E-state index contributed by atoms with van der Waals surface area (Å²) < 4.78 is 25.8. The van der Waals surface area contributed by atoms with Crippen LogP contribution in [0.15, 0.2) is 29.2 Å². The Labute approximate surface area is 96.9 Å². The monoisotopic (exact) mass is 255 g/mol. The number of hydrogen-bond donors (Lipinski definition) is 2. The average molecular weight is 255 g/mol. The van der Waals surface area contributed by atoms with Crippen molar-refractivity contribution in [2.45, 2.75) is 4.90 Å². The molecular weight excluding hydrogens is 246 g/mol. The van der Waals surface area contributed by atoms with Crippen LogP contribution in [0.2, 0.25) is 0 Å². The number of sulfonamides is 1. The molecule has 2 N–H and O–H groups in total. The van der Waals surface area contributed by atoms with E-state index in [0.717, 1.165) is 4.80 Å². The summed E-state index contributed by atoms with van der Waals surface area (Å²) >= 11 is 0. The van der Waals surface area contributed by atoms with Crippen molar-refractivity contribution in [1.82, 2.24) is 20.2 Å². The van der Waals surface area contributed by atoms with E-state index in [2.05, 4.69) is 20.1 Å². The lowest BCUT2D eigenvalue weighted by Gasteiger charge is -2.03. The first kappa shape index (κ1) is 11.3. The molecule has 8 nitrogen and oxygen atoms in total. The number of phenolic OH excluding ortho intramolecular Hbond substituents is 1. The minimum absolute atomic E-state index is 0.00255. The number of hydrogen-bond acceptors (Lipinski definition) is 6. The molecule has 1 heterocycles. The number of anilines is 1. The van der Waals surface area contributed by atoms with Crippen molar-refractivity contribution in [2.24, 2.45) is 7.05 Å². The molecule has 0 saturated carbocycles. The summed E-state index contributed by atoms with van der Waals surface area (Å²) in [6, 6.07) is 5.10. The largest absolute Gasteiger partial charge is 0.508 e. The van der Waals surface area contributed by atoms with Crippen molar-refractivity contribution < 1.29 is 13.5 Å². The highest BCUT2D eigenvalue weighted by Crippen LogP contribution is 2.16. The van der Waals surface area contributed by atoms with E-state index in [9.17, 15) is 8.42 Å². The number of aromatic hydroxyl groups is 1. The fourth-order valence-electron chi connectivity index (χ4n) is 1.13. The van der Waals surface area contributed by atoms with Gasteiger partial charge < -0.3 is 5.11 Å². The van der Waals surface area contributed by atoms with Crippen LogP contribution in [0.4, 0.5) is 5.95 Å². The summed E-state index contributed by atoms with van der Waals surface area (Å²) in [4.78, 5) is 1.14. The zero-order valence-corrected chi connectivity index (χ0v) is 9.59. The summed E-state index contributed by atoms with van der Waals surface area (Å²) in [5.41, 5.74) is 0. The quantitative estimate of drug-likeness (QED) is 0.780. The molecule has 90 valence electrons. The molecule has 0 radical (unpaired) electrons. The van der Waals surface area contributed by atoms with Gasteiger partial charge in [0.1, 0.15) is 5.75 Å². The third-order valence-electron chi connectivity index (χ3n) is 1.88. The maximum Gasteiger partial charge on any atom is 0.277 e. The molecular formula is C8H9N5O3S. The van der Waals surface area contributed by atoms with Crippen molar-refractivity contribution in [3.05, 3.63) is 24.3 Å². The molecule has 1 aromatic heterocycles. The zero-order chi connectivity index (χ0) is 12.5. The molecule has 0 aliphatic carbocycles. The van der Waals surface area contributed by atoms with Gasteiger partial charge in [-0.15, -0.1) is 5.10 Å². The molecule has 17 heavy (non-hydrogen) atoms. The SMILES string of the molecule is Cn1nnc(NS(=O)(=O)c2ccc(O)cc2)n1.